The van der Waals surface area contributed by atoms with Gasteiger partial charge in [-0.3, -0.25) is 9.48 Å². The number of nitrogens with one attached hydrogen (secondary N) is 1. The van der Waals surface area contributed by atoms with E-state index in [1.165, 1.54) is 11.8 Å². The summed E-state index contributed by atoms with van der Waals surface area (Å²) in [4.78, 5) is 12.1. The molecule has 1 amide bonds. The molecule has 100 valence electrons. The van der Waals surface area contributed by atoms with Crippen molar-refractivity contribution in [3.8, 4) is 5.75 Å². The third-order valence-corrected chi connectivity index (χ3v) is 2.98. The smallest absolute Gasteiger partial charge is 0.278 e. The highest BCUT2D eigenvalue weighted by atomic mass is 79.9. The summed E-state index contributed by atoms with van der Waals surface area (Å²) < 4.78 is 7.50. The number of methoxy groups -OCH3 is 1. The molecule has 0 radical (unpaired) electrons. The molecule has 0 aliphatic carbocycles. The number of aryl methyl sites for hydroxylation is 1. The van der Waals surface area contributed by atoms with Crippen LogP contribution in [0.4, 0.5) is 11.4 Å². The average molecular weight is 325 g/mol. The number of carbonyl (C=O) groups excluding carboxylic acids is 1. The van der Waals surface area contributed by atoms with Crippen LogP contribution in [0.25, 0.3) is 0 Å². The van der Waals surface area contributed by atoms with Crippen LogP contribution in [0.1, 0.15) is 10.5 Å². The van der Waals surface area contributed by atoms with E-state index in [0.717, 1.165) is 4.47 Å². The van der Waals surface area contributed by atoms with Crippen LogP contribution < -0.4 is 15.8 Å². The zero-order valence-corrected chi connectivity index (χ0v) is 12.1. The van der Waals surface area contributed by atoms with Gasteiger partial charge in [-0.1, -0.05) is 15.9 Å². The maximum Gasteiger partial charge on any atom is 0.278 e. The molecular formula is C12H13BrN4O2. The van der Waals surface area contributed by atoms with Crippen LogP contribution in [0.3, 0.4) is 0 Å². The third kappa shape index (κ3) is 2.87. The number of carbonyl (C=O) groups is 1. The van der Waals surface area contributed by atoms with Crippen molar-refractivity contribution in [1.82, 2.24) is 9.78 Å². The first-order chi connectivity index (χ1) is 9.01. The van der Waals surface area contributed by atoms with Gasteiger partial charge >= 0.3 is 0 Å². The molecule has 1 heterocycles. The number of nitrogen functional groups attached to an aromatic ring is 1. The molecule has 1 aromatic carbocycles. The molecule has 0 unspecified atom stereocenters. The Balaban J connectivity index is 2.28. The van der Waals surface area contributed by atoms with Crippen LogP contribution in [-0.4, -0.2) is 22.8 Å². The van der Waals surface area contributed by atoms with Gasteiger partial charge in [0.2, 0.25) is 0 Å². The molecule has 0 fully saturated rings. The lowest BCUT2D eigenvalue weighted by Crippen LogP contribution is -2.15. The second-order valence-electron chi connectivity index (χ2n) is 3.91. The summed E-state index contributed by atoms with van der Waals surface area (Å²) in [5.74, 6) is 0.181. The maximum atomic E-state index is 12.1. The summed E-state index contributed by atoms with van der Waals surface area (Å²) in [5, 5.41) is 6.73. The van der Waals surface area contributed by atoms with Crippen LogP contribution in [-0.2, 0) is 7.05 Å². The standard InChI is InChI=1S/C12H13BrN4O2/c1-17-6-8(14)11(16-17)12(18)15-9-5-7(13)3-4-10(9)19-2/h3-6H,14H2,1-2H3,(H,15,18). The number of amides is 1. The minimum atomic E-state index is -0.380. The fourth-order valence-electron chi connectivity index (χ4n) is 1.64. The normalized spacial score (nSPS) is 10.3. The summed E-state index contributed by atoms with van der Waals surface area (Å²) in [6.45, 7) is 0. The Labute approximate surface area is 118 Å². The summed E-state index contributed by atoms with van der Waals surface area (Å²) >= 11 is 3.34. The lowest BCUT2D eigenvalue weighted by molar-refractivity contribution is 0.102. The van der Waals surface area contributed by atoms with Crippen LogP contribution >= 0.6 is 15.9 Å². The predicted octanol–water partition coefficient (Wildman–Crippen LogP) is 2.03. The Morgan fingerprint density at radius 1 is 1.53 bits per heavy atom. The zero-order chi connectivity index (χ0) is 14.0. The minimum Gasteiger partial charge on any atom is -0.495 e. The summed E-state index contributed by atoms with van der Waals surface area (Å²) in [7, 11) is 3.24. The molecular weight excluding hydrogens is 312 g/mol. The second-order valence-corrected chi connectivity index (χ2v) is 4.82. The Morgan fingerprint density at radius 3 is 2.84 bits per heavy atom. The zero-order valence-electron chi connectivity index (χ0n) is 10.5. The number of anilines is 2. The molecule has 0 spiro atoms. The molecule has 0 bridgehead atoms. The molecule has 19 heavy (non-hydrogen) atoms. The van der Waals surface area contributed by atoms with Gasteiger partial charge in [0.05, 0.1) is 18.5 Å². The van der Waals surface area contributed by atoms with E-state index >= 15 is 0 Å². The van der Waals surface area contributed by atoms with Crippen molar-refractivity contribution in [3.63, 3.8) is 0 Å². The lowest BCUT2D eigenvalue weighted by atomic mass is 10.2. The maximum absolute atomic E-state index is 12.1. The highest BCUT2D eigenvalue weighted by molar-refractivity contribution is 9.10. The lowest BCUT2D eigenvalue weighted by Gasteiger charge is -2.09. The van der Waals surface area contributed by atoms with E-state index in [2.05, 4.69) is 26.3 Å². The van der Waals surface area contributed by atoms with Crippen molar-refractivity contribution in [2.24, 2.45) is 7.05 Å². The fourth-order valence-corrected chi connectivity index (χ4v) is 2.00. The number of halogens is 1. The largest absolute Gasteiger partial charge is 0.495 e. The van der Waals surface area contributed by atoms with E-state index in [1.54, 1.807) is 25.4 Å². The van der Waals surface area contributed by atoms with Crippen molar-refractivity contribution < 1.29 is 9.53 Å². The number of ether oxygens (including phenoxy) is 1. The second kappa shape index (κ2) is 5.31. The molecule has 3 N–H and O–H groups in total. The van der Waals surface area contributed by atoms with E-state index in [-0.39, 0.29) is 11.6 Å². The summed E-state index contributed by atoms with van der Waals surface area (Å²) in [6, 6.07) is 5.32. The number of nitrogens with two attached hydrogens (primary N) is 1. The highest BCUT2D eigenvalue weighted by Crippen LogP contribution is 2.28. The molecule has 0 atom stereocenters. The van der Waals surface area contributed by atoms with Crippen molar-refractivity contribution >= 4 is 33.2 Å². The van der Waals surface area contributed by atoms with Crippen molar-refractivity contribution in [3.05, 3.63) is 34.6 Å². The molecule has 2 aromatic rings. The Morgan fingerprint density at radius 2 is 2.26 bits per heavy atom. The van der Waals surface area contributed by atoms with Gasteiger partial charge in [-0.15, -0.1) is 0 Å². The third-order valence-electron chi connectivity index (χ3n) is 2.48. The minimum absolute atomic E-state index is 0.185. The Bertz CT molecular complexity index is 624. The molecule has 0 aliphatic heterocycles. The predicted molar refractivity (Wildman–Crippen MR) is 76.3 cm³/mol. The Kier molecular flexibility index (Phi) is 3.75. The van der Waals surface area contributed by atoms with Crippen LogP contribution in [0.2, 0.25) is 0 Å². The topological polar surface area (TPSA) is 82.2 Å². The SMILES string of the molecule is COc1ccc(Br)cc1NC(=O)c1nn(C)cc1N. The number of hydrogen-bond acceptors (Lipinski definition) is 4. The molecule has 2 rings (SSSR count). The van der Waals surface area contributed by atoms with Crippen molar-refractivity contribution in [2.75, 3.05) is 18.2 Å². The molecule has 0 saturated carbocycles. The van der Waals surface area contributed by atoms with Crippen LogP contribution in [0, 0.1) is 0 Å². The van der Waals surface area contributed by atoms with Gasteiger partial charge in [0.1, 0.15) is 5.75 Å². The van der Waals surface area contributed by atoms with Gasteiger partial charge in [-0.25, -0.2) is 0 Å². The Hall–Kier alpha value is -2.02. The van der Waals surface area contributed by atoms with Gasteiger partial charge in [0.25, 0.3) is 5.91 Å². The van der Waals surface area contributed by atoms with E-state index in [1.807, 2.05) is 6.07 Å². The van der Waals surface area contributed by atoms with Crippen molar-refractivity contribution in [2.45, 2.75) is 0 Å². The van der Waals surface area contributed by atoms with Crippen LogP contribution in [0.5, 0.6) is 5.75 Å². The van der Waals surface area contributed by atoms with E-state index in [0.29, 0.717) is 17.1 Å². The van der Waals surface area contributed by atoms with Crippen LogP contribution in [0.15, 0.2) is 28.9 Å². The number of hydrogen-bond donors (Lipinski definition) is 2. The summed E-state index contributed by atoms with van der Waals surface area (Å²) in [5.41, 5.74) is 6.77. The molecule has 0 aliphatic rings. The first kappa shape index (κ1) is 13.4. The molecule has 6 nitrogen and oxygen atoms in total. The van der Waals surface area contributed by atoms with E-state index in [4.69, 9.17) is 10.5 Å². The molecule has 0 saturated heterocycles. The van der Waals surface area contributed by atoms with Gasteiger partial charge in [0, 0.05) is 17.7 Å². The monoisotopic (exact) mass is 324 g/mol. The van der Waals surface area contributed by atoms with Gasteiger partial charge in [0.15, 0.2) is 5.69 Å². The number of aromatic nitrogens is 2. The highest BCUT2D eigenvalue weighted by Gasteiger charge is 2.16. The first-order valence-corrected chi connectivity index (χ1v) is 6.24. The van der Waals surface area contributed by atoms with E-state index in [9.17, 15) is 4.79 Å². The fraction of sp³-hybridized carbons (Fsp3) is 0.167. The number of benzene rings is 1. The van der Waals surface area contributed by atoms with Crippen molar-refractivity contribution in [1.29, 1.82) is 0 Å². The summed E-state index contributed by atoms with van der Waals surface area (Å²) in [6.07, 6.45) is 1.58. The van der Waals surface area contributed by atoms with Gasteiger partial charge < -0.3 is 15.8 Å². The van der Waals surface area contributed by atoms with Gasteiger partial charge in [-0.05, 0) is 18.2 Å². The average Bonchev–Trinajstić information content (AvgIpc) is 2.69. The molecule has 7 heteroatoms. The molecule has 1 aromatic heterocycles. The number of rotatable bonds is 3. The first-order valence-electron chi connectivity index (χ1n) is 5.45. The van der Waals surface area contributed by atoms with E-state index < -0.39 is 0 Å². The van der Waals surface area contributed by atoms with Gasteiger partial charge in [-0.2, -0.15) is 5.10 Å². The number of nitrogens with zero attached hydrogens (tertiary/aromatic N) is 2. The quantitative estimate of drug-likeness (QED) is 0.905.